The first-order chi connectivity index (χ1) is 27.5. The zero-order valence-corrected chi connectivity index (χ0v) is 37.3. The van der Waals surface area contributed by atoms with Gasteiger partial charge in [-0.05, 0) is 44.9 Å². The maximum atomic E-state index is 13.1. The number of nitrogens with one attached hydrogen (secondary N) is 1. The summed E-state index contributed by atoms with van der Waals surface area (Å²) in [5.41, 5.74) is 0. The Hall–Kier alpha value is -1.92. The van der Waals surface area contributed by atoms with E-state index in [1.54, 1.807) is 0 Å². The number of aliphatic hydroxyl groups is 2. The quantitative estimate of drug-likeness (QED) is 0.0325. The molecular formula is C50H93NO5. The van der Waals surface area contributed by atoms with Gasteiger partial charge in [0.25, 0.3) is 0 Å². The average molecular weight is 788 g/mol. The molecule has 3 atom stereocenters. The maximum Gasteiger partial charge on any atom is 0.306 e. The van der Waals surface area contributed by atoms with Crippen molar-refractivity contribution < 1.29 is 24.5 Å². The number of esters is 1. The maximum absolute atomic E-state index is 13.1. The number of amides is 1. The molecule has 0 aliphatic rings. The van der Waals surface area contributed by atoms with Crippen molar-refractivity contribution in [2.45, 2.75) is 264 Å². The highest BCUT2D eigenvalue weighted by Gasteiger charge is 2.24. The minimum atomic E-state index is -0.787. The van der Waals surface area contributed by atoms with Gasteiger partial charge in [0.05, 0.1) is 25.2 Å². The second kappa shape index (κ2) is 44.2. The summed E-state index contributed by atoms with van der Waals surface area (Å²) < 4.78 is 5.88. The summed E-state index contributed by atoms with van der Waals surface area (Å²) in [5, 5.41) is 23.7. The zero-order chi connectivity index (χ0) is 41.0. The van der Waals surface area contributed by atoms with Crippen molar-refractivity contribution in [2.75, 3.05) is 6.61 Å². The summed E-state index contributed by atoms with van der Waals surface area (Å²) in [6, 6.07) is -0.701. The molecule has 0 aliphatic heterocycles. The standard InChI is InChI=1S/C50H93NO5/c1-4-7-10-13-16-19-21-23-24-25-27-28-30-33-36-39-42-48(53)47(45-52)51-49(54)44-46(41-38-35-32-18-15-12-9-6-3)56-50(55)43-40-37-34-31-29-26-22-20-17-14-11-8-5-2/h8,11,14,17,20,22,46-48,52-53H,4-7,9-10,12-13,15-16,18-19,21,23-45H2,1-3H3,(H,51,54)/b11-8+,17-14+,22-20-. The van der Waals surface area contributed by atoms with Gasteiger partial charge in [-0.1, -0.05) is 224 Å². The third-order valence-electron chi connectivity index (χ3n) is 11.0. The molecule has 328 valence electrons. The molecule has 0 aromatic carbocycles. The molecule has 56 heavy (non-hydrogen) atoms. The first-order valence-electron chi connectivity index (χ1n) is 24.2. The van der Waals surface area contributed by atoms with E-state index in [4.69, 9.17) is 4.74 Å². The monoisotopic (exact) mass is 788 g/mol. The Morgan fingerprint density at radius 2 is 0.964 bits per heavy atom. The third kappa shape index (κ3) is 38.9. The Bertz CT molecular complexity index is 930. The van der Waals surface area contributed by atoms with E-state index in [0.717, 1.165) is 77.0 Å². The van der Waals surface area contributed by atoms with Crippen molar-refractivity contribution in [1.29, 1.82) is 0 Å². The number of rotatable bonds is 43. The molecule has 0 aromatic rings. The predicted molar refractivity (Wildman–Crippen MR) is 241 cm³/mol. The Morgan fingerprint density at radius 1 is 0.536 bits per heavy atom. The largest absolute Gasteiger partial charge is 0.462 e. The molecule has 0 rings (SSSR count). The molecule has 0 aliphatic carbocycles. The van der Waals surface area contributed by atoms with Crippen molar-refractivity contribution in [2.24, 2.45) is 0 Å². The van der Waals surface area contributed by atoms with Gasteiger partial charge in [0.2, 0.25) is 5.91 Å². The molecule has 3 unspecified atom stereocenters. The number of carbonyl (C=O) groups excluding carboxylic acids is 2. The predicted octanol–water partition coefficient (Wildman–Crippen LogP) is 14.1. The Kier molecular flexibility index (Phi) is 42.7. The fourth-order valence-electron chi connectivity index (χ4n) is 7.37. The number of hydrogen-bond donors (Lipinski definition) is 3. The van der Waals surface area contributed by atoms with Gasteiger partial charge in [-0.2, -0.15) is 0 Å². The number of aliphatic hydroxyl groups excluding tert-OH is 2. The van der Waals surface area contributed by atoms with Crippen LogP contribution in [0.5, 0.6) is 0 Å². The first-order valence-corrected chi connectivity index (χ1v) is 24.2. The molecule has 0 radical (unpaired) electrons. The lowest BCUT2D eigenvalue weighted by atomic mass is 10.0. The van der Waals surface area contributed by atoms with Gasteiger partial charge in [-0.15, -0.1) is 0 Å². The van der Waals surface area contributed by atoms with Crippen LogP contribution in [0.2, 0.25) is 0 Å². The van der Waals surface area contributed by atoms with Crippen LogP contribution in [0, 0.1) is 0 Å². The number of unbranched alkanes of at least 4 members (excludes halogenated alkanes) is 27. The Balaban J connectivity index is 4.42. The first kappa shape index (κ1) is 54.1. The molecule has 6 heteroatoms. The second-order valence-electron chi connectivity index (χ2n) is 16.6. The van der Waals surface area contributed by atoms with Crippen LogP contribution in [0.4, 0.5) is 0 Å². The van der Waals surface area contributed by atoms with Crippen molar-refractivity contribution in [3.8, 4) is 0 Å². The van der Waals surface area contributed by atoms with Crippen molar-refractivity contribution >= 4 is 11.9 Å². The Morgan fingerprint density at radius 3 is 1.45 bits per heavy atom. The molecule has 0 aromatic heterocycles. The number of allylic oxidation sites excluding steroid dienone is 6. The molecule has 1 amide bonds. The molecule has 3 N–H and O–H groups in total. The molecular weight excluding hydrogens is 695 g/mol. The van der Waals surface area contributed by atoms with E-state index < -0.39 is 18.2 Å². The lowest BCUT2D eigenvalue weighted by molar-refractivity contribution is -0.151. The second-order valence-corrected chi connectivity index (χ2v) is 16.6. The van der Waals surface area contributed by atoms with Crippen LogP contribution < -0.4 is 5.32 Å². The van der Waals surface area contributed by atoms with E-state index in [1.807, 2.05) is 0 Å². The van der Waals surface area contributed by atoms with Crippen molar-refractivity contribution in [1.82, 2.24) is 5.32 Å². The van der Waals surface area contributed by atoms with Crippen molar-refractivity contribution in [3.63, 3.8) is 0 Å². The van der Waals surface area contributed by atoms with Gasteiger partial charge in [-0.25, -0.2) is 0 Å². The lowest BCUT2D eigenvalue weighted by Crippen LogP contribution is -2.46. The summed E-state index contributed by atoms with van der Waals surface area (Å²) >= 11 is 0. The van der Waals surface area contributed by atoms with Crippen molar-refractivity contribution in [3.05, 3.63) is 36.5 Å². The van der Waals surface area contributed by atoms with Gasteiger partial charge in [0.1, 0.15) is 6.10 Å². The summed E-state index contributed by atoms with van der Waals surface area (Å²) in [5.74, 6) is -0.495. The van der Waals surface area contributed by atoms with Gasteiger partial charge in [-0.3, -0.25) is 9.59 Å². The minimum absolute atomic E-state index is 0.0715. The normalized spacial score (nSPS) is 13.6. The van der Waals surface area contributed by atoms with E-state index in [2.05, 4.69) is 62.5 Å². The van der Waals surface area contributed by atoms with Crippen LogP contribution in [-0.2, 0) is 14.3 Å². The molecule has 6 nitrogen and oxygen atoms in total. The van der Waals surface area contributed by atoms with Gasteiger partial charge < -0.3 is 20.3 Å². The highest BCUT2D eigenvalue weighted by Crippen LogP contribution is 2.18. The molecule has 0 saturated heterocycles. The smallest absolute Gasteiger partial charge is 0.306 e. The number of hydrogen-bond acceptors (Lipinski definition) is 5. The van der Waals surface area contributed by atoms with E-state index in [0.29, 0.717) is 19.3 Å². The van der Waals surface area contributed by atoms with E-state index in [9.17, 15) is 19.8 Å². The van der Waals surface area contributed by atoms with E-state index in [1.165, 1.54) is 122 Å². The SMILES string of the molecule is CC/C=C/C=C/C=C\CCCCCCCC(=O)OC(CCCCCCCCCC)CC(=O)NC(CO)C(O)CCCCCCCCCCCCCCCCCC. The van der Waals surface area contributed by atoms with E-state index >= 15 is 0 Å². The van der Waals surface area contributed by atoms with Gasteiger partial charge in [0.15, 0.2) is 0 Å². The van der Waals surface area contributed by atoms with Crippen LogP contribution >= 0.6 is 0 Å². The highest BCUT2D eigenvalue weighted by molar-refractivity contribution is 5.77. The van der Waals surface area contributed by atoms with Crippen LogP contribution in [0.3, 0.4) is 0 Å². The topological polar surface area (TPSA) is 95.9 Å². The molecule has 0 spiro atoms. The Labute approximate surface area is 347 Å². The lowest BCUT2D eigenvalue weighted by Gasteiger charge is -2.24. The van der Waals surface area contributed by atoms with Crippen LogP contribution in [-0.4, -0.2) is 46.9 Å². The fourth-order valence-corrected chi connectivity index (χ4v) is 7.37. The summed E-state index contributed by atoms with van der Waals surface area (Å²) in [6.45, 7) is 6.33. The van der Waals surface area contributed by atoms with E-state index in [-0.39, 0.29) is 24.9 Å². The fraction of sp³-hybridized carbons (Fsp3) is 0.840. The van der Waals surface area contributed by atoms with Crippen LogP contribution in [0.25, 0.3) is 0 Å². The summed E-state index contributed by atoms with van der Waals surface area (Å²) in [6.07, 6.45) is 50.7. The average Bonchev–Trinajstić information content (AvgIpc) is 3.19. The molecule has 0 fully saturated rings. The zero-order valence-electron chi connectivity index (χ0n) is 37.3. The number of ether oxygens (including phenoxy) is 1. The summed E-state index contributed by atoms with van der Waals surface area (Å²) in [4.78, 5) is 25.9. The molecule has 0 heterocycles. The van der Waals surface area contributed by atoms with Crippen LogP contribution in [0.1, 0.15) is 245 Å². The molecule has 0 bridgehead atoms. The summed E-state index contributed by atoms with van der Waals surface area (Å²) in [7, 11) is 0. The highest BCUT2D eigenvalue weighted by atomic mass is 16.5. The third-order valence-corrected chi connectivity index (χ3v) is 11.0. The molecule has 0 saturated carbocycles. The van der Waals surface area contributed by atoms with Crippen LogP contribution in [0.15, 0.2) is 36.5 Å². The van der Waals surface area contributed by atoms with Gasteiger partial charge in [0, 0.05) is 6.42 Å². The van der Waals surface area contributed by atoms with Gasteiger partial charge >= 0.3 is 5.97 Å². The number of carbonyl (C=O) groups is 2. The minimum Gasteiger partial charge on any atom is -0.462 e.